The second-order valence-corrected chi connectivity index (χ2v) is 4.89. The van der Waals surface area contributed by atoms with Crippen LogP contribution in [0.15, 0.2) is 47.1 Å². The Morgan fingerprint density at radius 2 is 1.89 bits per heavy atom. The van der Waals surface area contributed by atoms with Crippen molar-refractivity contribution in [2.75, 3.05) is 0 Å². The van der Waals surface area contributed by atoms with E-state index in [1.807, 2.05) is 44.2 Å². The first kappa shape index (κ1) is 13.7. The second kappa shape index (κ2) is 6.43. The van der Waals surface area contributed by atoms with E-state index in [1.165, 1.54) is 0 Å². The van der Waals surface area contributed by atoms with Crippen LogP contribution in [0.3, 0.4) is 0 Å². The predicted molar refractivity (Wildman–Crippen MR) is 76.2 cm³/mol. The standard InChI is InChI=1S/C16H21NO2/c1-12(2)19-16-8-5-4-7-14(16)11-17-13(3)15-9-6-10-18-15/h4-10,12-13,17H,11H2,1-3H3. The number of benzene rings is 1. The van der Waals surface area contributed by atoms with Crippen molar-refractivity contribution in [1.82, 2.24) is 5.32 Å². The summed E-state index contributed by atoms with van der Waals surface area (Å²) in [5.41, 5.74) is 1.16. The summed E-state index contributed by atoms with van der Waals surface area (Å²) < 4.78 is 11.2. The van der Waals surface area contributed by atoms with Crippen LogP contribution in [0, 0.1) is 0 Å². The maximum Gasteiger partial charge on any atom is 0.124 e. The highest BCUT2D eigenvalue weighted by Gasteiger charge is 2.09. The topological polar surface area (TPSA) is 34.4 Å². The van der Waals surface area contributed by atoms with Crippen molar-refractivity contribution in [3.05, 3.63) is 54.0 Å². The smallest absolute Gasteiger partial charge is 0.124 e. The molecule has 0 bridgehead atoms. The molecule has 2 rings (SSSR count). The van der Waals surface area contributed by atoms with E-state index < -0.39 is 0 Å². The molecule has 1 N–H and O–H groups in total. The fraction of sp³-hybridized carbons (Fsp3) is 0.375. The molecule has 102 valence electrons. The zero-order chi connectivity index (χ0) is 13.7. The largest absolute Gasteiger partial charge is 0.491 e. The maximum atomic E-state index is 5.80. The van der Waals surface area contributed by atoms with E-state index in [2.05, 4.69) is 18.3 Å². The van der Waals surface area contributed by atoms with Crippen molar-refractivity contribution in [1.29, 1.82) is 0 Å². The van der Waals surface area contributed by atoms with Gasteiger partial charge in [0.15, 0.2) is 0 Å². The van der Waals surface area contributed by atoms with E-state index in [0.717, 1.165) is 23.6 Å². The van der Waals surface area contributed by atoms with Crippen molar-refractivity contribution in [3.63, 3.8) is 0 Å². The molecule has 1 unspecified atom stereocenters. The van der Waals surface area contributed by atoms with Gasteiger partial charge < -0.3 is 14.5 Å². The van der Waals surface area contributed by atoms with Gasteiger partial charge in [0.1, 0.15) is 11.5 Å². The van der Waals surface area contributed by atoms with Gasteiger partial charge in [0.05, 0.1) is 18.4 Å². The van der Waals surface area contributed by atoms with E-state index >= 15 is 0 Å². The first-order chi connectivity index (χ1) is 9.16. The Bertz CT molecular complexity index is 491. The molecule has 19 heavy (non-hydrogen) atoms. The third-order valence-corrected chi connectivity index (χ3v) is 2.90. The SMILES string of the molecule is CC(C)Oc1ccccc1CNC(C)c1ccco1. The van der Waals surface area contributed by atoms with E-state index in [4.69, 9.17) is 9.15 Å². The summed E-state index contributed by atoms with van der Waals surface area (Å²) in [6.45, 7) is 6.92. The molecule has 0 spiro atoms. The van der Waals surface area contributed by atoms with Crippen LogP contribution < -0.4 is 10.1 Å². The Kier molecular flexibility index (Phi) is 4.63. The van der Waals surface area contributed by atoms with Crippen LogP contribution in [0.1, 0.15) is 38.1 Å². The predicted octanol–water partition coefficient (Wildman–Crippen LogP) is 3.92. The molecule has 0 aliphatic carbocycles. The van der Waals surface area contributed by atoms with Crippen LogP contribution in [0.5, 0.6) is 5.75 Å². The zero-order valence-electron chi connectivity index (χ0n) is 11.7. The molecule has 0 saturated carbocycles. The Morgan fingerprint density at radius 1 is 1.11 bits per heavy atom. The third kappa shape index (κ3) is 3.86. The van der Waals surface area contributed by atoms with Crippen LogP contribution in [-0.2, 0) is 6.54 Å². The lowest BCUT2D eigenvalue weighted by molar-refractivity contribution is 0.239. The summed E-state index contributed by atoms with van der Waals surface area (Å²) in [6.07, 6.45) is 1.88. The maximum absolute atomic E-state index is 5.80. The van der Waals surface area contributed by atoms with Crippen LogP contribution in [0.25, 0.3) is 0 Å². The Hall–Kier alpha value is -1.74. The molecule has 2 aromatic rings. The second-order valence-electron chi connectivity index (χ2n) is 4.89. The number of furan rings is 1. The van der Waals surface area contributed by atoms with Gasteiger partial charge in [-0.15, -0.1) is 0 Å². The number of para-hydroxylation sites is 1. The lowest BCUT2D eigenvalue weighted by atomic mass is 10.1. The number of rotatable bonds is 6. The van der Waals surface area contributed by atoms with Gasteiger partial charge in [-0.1, -0.05) is 18.2 Å². The lowest BCUT2D eigenvalue weighted by Gasteiger charge is -2.16. The van der Waals surface area contributed by atoms with Crippen LogP contribution in [0.2, 0.25) is 0 Å². The van der Waals surface area contributed by atoms with Gasteiger partial charge in [0.25, 0.3) is 0 Å². The third-order valence-electron chi connectivity index (χ3n) is 2.90. The highest BCUT2D eigenvalue weighted by molar-refractivity contribution is 5.33. The van der Waals surface area contributed by atoms with Crippen molar-refractivity contribution in [2.24, 2.45) is 0 Å². The molecule has 0 saturated heterocycles. The molecule has 3 nitrogen and oxygen atoms in total. The van der Waals surface area contributed by atoms with Gasteiger partial charge in [0, 0.05) is 12.1 Å². The van der Waals surface area contributed by atoms with Gasteiger partial charge in [-0.2, -0.15) is 0 Å². The molecular formula is C16H21NO2. The molecule has 0 radical (unpaired) electrons. The zero-order valence-corrected chi connectivity index (χ0v) is 11.7. The quantitative estimate of drug-likeness (QED) is 0.854. The molecule has 1 aromatic carbocycles. The molecule has 0 aliphatic heterocycles. The molecule has 1 atom stereocenters. The minimum Gasteiger partial charge on any atom is -0.491 e. The summed E-state index contributed by atoms with van der Waals surface area (Å²) >= 11 is 0. The fourth-order valence-electron chi connectivity index (χ4n) is 1.92. The van der Waals surface area contributed by atoms with E-state index in [0.29, 0.717) is 0 Å². The highest BCUT2D eigenvalue weighted by atomic mass is 16.5. The van der Waals surface area contributed by atoms with Crippen LogP contribution in [0.4, 0.5) is 0 Å². The number of hydrogen-bond acceptors (Lipinski definition) is 3. The van der Waals surface area contributed by atoms with Crippen molar-refractivity contribution in [3.8, 4) is 5.75 Å². The van der Waals surface area contributed by atoms with Gasteiger partial charge in [-0.25, -0.2) is 0 Å². The minimum absolute atomic E-state index is 0.183. The molecule has 1 heterocycles. The first-order valence-electron chi connectivity index (χ1n) is 6.68. The van der Waals surface area contributed by atoms with Crippen LogP contribution in [-0.4, -0.2) is 6.10 Å². The molecular weight excluding hydrogens is 238 g/mol. The summed E-state index contributed by atoms with van der Waals surface area (Å²) in [5, 5.41) is 3.44. The molecule has 0 amide bonds. The highest BCUT2D eigenvalue weighted by Crippen LogP contribution is 2.20. The minimum atomic E-state index is 0.183. The van der Waals surface area contributed by atoms with Crippen molar-refractivity contribution in [2.45, 2.75) is 39.5 Å². The van der Waals surface area contributed by atoms with E-state index in [9.17, 15) is 0 Å². The summed E-state index contributed by atoms with van der Waals surface area (Å²) in [7, 11) is 0. The molecule has 1 aromatic heterocycles. The summed E-state index contributed by atoms with van der Waals surface area (Å²) in [6, 6.07) is 12.2. The summed E-state index contributed by atoms with van der Waals surface area (Å²) in [5.74, 6) is 1.89. The monoisotopic (exact) mass is 259 g/mol. The normalized spacial score (nSPS) is 12.6. The number of ether oxygens (including phenoxy) is 1. The Labute approximate surface area is 114 Å². The van der Waals surface area contributed by atoms with Crippen LogP contribution >= 0.6 is 0 Å². The van der Waals surface area contributed by atoms with Crippen molar-refractivity contribution >= 4 is 0 Å². The van der Waals surface area contributed by atoms with Crippen molar-refractivity contribution < 1.29 is 9.15 Å². The van der Waals surface area contributed by atoms with E-state index in [-0.39, 0.29) is 12.1 Å². The Morgan fingerprint density at radius 3 is 2.58 bits per heavy atom. The molecule has 3 heteroatoms. The average Bonchev–Trinajstić information content (AvgIpc) is 2.90. The van der Waals surface area contributed by atoms with Gasteiger partial charge in [-0.05, 0) is 39.0 Å². The molecule has 0 fully saturated rings. The Balaban J connectivity index is 1.99. The number of hydrogen-bond donors (Lipinski definition) is 1. The first-order valence-corrected chi connectivity index (χ1v) is 6.68. The van der Waals surface area contributed by atoms with Gasteiger partial charge >= 0.3 is 0 Å². The molecule has 0 aliphatic rings. The van der Waals surface area contributed by atoms with E-state index in [1.54, 1.807) is 6.26 Å². The lowest BCUT2D eigenvalue weighted by Crippen LogP contribution is -2.18. The van der Waals surface area contributed by atoms with Gasteiger partial charge in [-0.3, -0.25) is 0 Å². The average molecular weight is 259 g/mol. The van der Waals surface area contributed by atoms with Gasteiger partial charge in [0.2, 0.25) is 0 Å². The number of nitrogens with one attached hydrogen (secondary N) is 1. The fourth-order valence-corrected chi connectivity index (χ4v) is 1.92. The summed E-state index contributed by atoms with van der Waals surface area (Å²) in [4.78, 5) is 0.